The van der Waals surface area contributed by atoms with Crippen molar-refractivity contribution in [2.45, 2.75) is 50.7 Å². The van der Waals surface area contributed by atoms with E-state index in [1.54, 1.807) is 0 Å². The van der Waals surface area contributed by atoms with E-state index in [0.29, 0.717) is 0 Å². The Bertz CT molecular complexity index is 144. The molecule has 1 saturated carbocycles. The molecule has 0 aromatic rings. The van der Waals surface area contributed by atoms with Crippen molar-refractivity contribution in [2.24, 2.45) is 11.8 Å². The summed E-state index contributed by atoms with van der Waals surface area (Å²) in [5.74, 6) is 3.58. The molecular formula is C11H20S. The molecule has 1 aliphatic carbocycles. The Morgan fingerprint density at radius 2 is 1.92 bits per heavy atom. The fourth-order valence-electron chi connectivity index (χ4n) is 2.49. The fourth-order valence-corrected chi connectivity index (χ4v) is 3.99. The van der Waals surface area contributed by atoms with Gasteiger partial charge in [0, 0.05) is 5.25 Å². The van der Waals surface area contributed by atoms with Crippen LogP contribution in [0.5, 0.6) is 0 Å². The van der Waals surface area contributed by atoms with Gasteiger partial charge in [-0.1, -0.05) is 32.6 Å². The average Bonchev–Trinajstić information content (AvgIpc) is 2.08. The van der Waals surface area contributed by atoms with Gasteiger partial charge in [-0.25, -0.2) is 0 Å². The number of thioether (sulfide) groups is 1. The Balaban J connectivity index is 1.87. The molecule has 0 aromatic carbocycles. The molecule has 3 atom stereocenters. The zero-order valence-electron chi connectivity index (χ0n) is 8.09. The average molecular weight is 184 g/mol. The van der Waals surface area contributed by atoms with Crippen LogP contribution in [0.15, 0.2) is 0 Å². The van der Waals surface area contributed by atoms with Crippen molar-refractivity contribution in [1.82, 2.24) is 0 Å². The predicted octanol–water partition coefficient (Wildman–Crippen LogP) is 3.71. The van der Waals surface area contributed by atoms with Crippen LogP contribution in [-0.4, -0.2) is 11.0 Å². The normalized spacial score (nSPS) is 43.2. The minimum absolute atomic E-state index is 1.00. The van der Waals surface area contributed by atoms with Crippen molar-refractivity contribution in [2.75, 3.05) is 5.75 Å². The van der Waals surface area contributed by atoms with Gasteiger partial charge in [-0.05, 0) is 30.4 Å². The Labute approximate surface area is 80.5 Å². The van der Waals surface area contributed by atoms with E-state index in [1.807, 2.05) is 0 Å². The third-order valence-corrected chi connectivity index (χ3v) is 5.08. The van der Waals surface area contributed by atoms with Gasteiger partial charge in [-0.15, -0.1) is 0 Å². The number of rotatable bonds is 0. The van der Waals surface area contributed by atoms with E-state index in [-0.39, 0.29) is 0 Å². The summed E-state index contributed by atoms with van der Waals surface area (Å²) < 4.78 is 0. The Morgan fingerprint density at radius 1 is 1.08 bits per heavy atom. The summed E-state index contributed by atoms with van der Waals surface area (Å²) >= 11 is 2.22. The molecule has 12 heavy (non-hydrogen) atoms. The summed E-state index contributed by atoms with van der Waals surface area (Å²) in [6.45, 7) is 2.45. The van der Waals surface area contributed by atoms with Crippen molar-refractivity contribution in [1.29, 1.82) is 0 Å². The molecule has 2 fully saturated rings. The van der Waals surface area contributed by atoms with Crippen LogP contribution < -0.4 is 0 Å². The highest BCUT2D eigenvalue weighted by Gasteiger charge is 2.32. The lowest BCUT2D eigenvalue weighted by molar-refractivity contribution is 0.410. The second-order valence-electron chi connectivity index (χ2n) is 4.61. The molecule has 2 rings (SSSR count). The monoisotopic (exact) mass is 184 g/mol. The van der Waals surface area contributed by atoms with Crippen LogP contribution in [-0.2, 0) is 0 Å². The zero-order chi connectivity index (χ0) is 8.39. The molecule has 0 nitrogen and oxygen atoms in total. The Morgan fingerprint density at radius 3 is 2.67 bits per heavy atom. The van der Waals surface area contributed by atoms with Crippen LogP contribution in [0, 0.1) is 11.8 Å². The number of fused-ring (bicyclic) bond motifs is 1. The van der Waals surface area contributed by atoms with Crippen LogP contribution in [0.1, 0.15) is 45.4 Å². The van der Waals surface area contributed by atoms with E-state index in [4.69, 9.17) is 0 Å². The molecule has 70 valence electrons. The summed E-state index contributed by atoms with van der Waals surface area (Å²) in [7, 11) is 0. The van der Waals surface area contributed by atoms with Gasteiger partial charge in [-0.2, -0.15) is 11.8 Å². The quantitative estimate of drug-likeness (QED) is 0.553. The Hall–Kier alpha value is 0.350. The molecule has 0 spiro atoms. The summed E-state index contributed by atoms with van der Waals surface area (Å²) in [6, 6.07) is 0. The summed E-state index contributed by atoms with van der Waals surface area (Å²) in [6.07, 6.45) is 9.03. The van der Waals surface area contributed by atoms with Crippen LogP contribution in [0.2, 0.25) is 0 Å². The highest BCUT2D eigenvalue weighted by atomic mass is 32.2. The first-order valence-electron chi connectivity index (χ1n) is 5.48. The molecule has 1 saturated heterocycles. The smallest absolute Gasteiger partial charge is 0.00858 e. The first-order chi connectivity index (χ1) is 5.86. The van der Waals surface area contributed by atoms with Crippen LogP contribution in [0.3, 0.4) is 0 Å². The fraction of sp³-hybridized carbons (Fsp3) is 1.00. The van der Waals surface area contributed by atoms with Crippen LogP contribution >= 0.6 is 11.8 Å². The first-order valence-corrected chi connectivity index (χ1v) is 6.53. The number of hydrogen-bond donors (Lipinski definition) is 0. The standard InChI is InChI=1S/C11H20S/c1-9-5-3-2-4-6-10-8-12-11(10)7-9/h9-11H,2-8H2,1H3. The van der Waals surface area contributed by atoms with Gasteiger partial charge in [0.2, 0.25) is 0 Å². The van der Waals surface area contributed by atoms with Gasteiger partial charge < -0.3 is 0 Å². The van der Waals surface area contributed by atoms with E-state index in [2.05, 4.69) is 18.7 Å². The summed E-state index contributed by atoms with van der Waals surface area (Å²) in [4.78, 5) is 0. The summed E-state index contributed by atoms with van der Waals surface area (Å²) in [5.41, 5.74) is 0. The highest BCUT2D eigenvalue weighted by molar-refractivity contribution is 8.01. The van der Waals surface area contributed by atoms with Gasteiger partial charge in [0.25, 0.3) is 0 Å². The third kappa shape index (κ3) is 1.99. The molecule has 0 radical (unpaired) electrons. The SMILES string of the molecule is CC1CCCCCC2CSC2C1. The minimum atomic E-state index is 1.00. The molecule has 0 bridgehead atoms. The third-order valence-electron chi connectivity index (χ3n) is 3.46. The van der Waals surface area contributed by atoms with Crippen molar-refractivity contribution in [3.63, 3.8) is 0 Å². The highest BCUT2D eigenvalue weighted by Crippen LogP contribution is 2.42. The van der Waals surface area contributed by atoms with Crippen molar-refractivity contribution < 1.29 is 0 Å². The van der Waals surface area contributed by atoms with E-state index in [9.17, 15) is 0 Å². The molecule has 0 amide bonds. The first kappa shape index (κ1) is 8.93. The summed E-state index contributed by atoms with van der Waals surface area (Å²) in [5, 5.41) is 1.05. The van der Waals surface area contributed by atoms with Crippen LogP contribution in [0.4, 0.5) is 0 Å². The zero-order valence-corrected chi connectivity index (χ0v) is 8.91. The van der Waals surface area contributed by atoms with Gasteiger partial charge in [0.05, 0.1) is 0 Å². The Kier molecular flexibility index (Phi) is 3.00. The molecule has 1 heterocycles. The molecule has 1 aliphatic heterocycles. The van der Waals surface area contributed by atoms with Gasteiger partial charge >= 0.3 is 0 Å². The van der Waals surface area contributed by atoms with Crippen molar-refractivity contribution >= 4 is 11.8 Å². The molecule has 3 unspecified atom stereocenters. The maximum Gasteiger partial charge on any atom is 0.00858 e. The largest absolute Gasteiger partial charge is 0.158 e. The molecule has 0 N–H and O–H groups in total. The maximum atomic E-state index is 2.45. The van der Waals surface area contributed by atoms with Crippen LogP contribution in [0.25, 0.3) is 0 Å². The van der Waals surface area contributed by atoms with Gasteiger partial charge in [0.15, 0.2) is 0 Å². The lowest BCUT2D eigenvalue weighted by Crippen LogP contribution is -2.31. The lowest BCUT2D eigenvalue weighted by Gasteiger charge is -2.37. The predicted molar refractivity (Wildman–Crippen MR) is 56.6 cm³/mol. The van der Waals surface area contributed by atoms with E-state index in [0.717, 1.165) is 17.1 Å². The van der Waals surface area contributed by atoms with E-state index >= 15 is 0 Å². The van der Waals surface area contributed by atoms with Crippen molar-refractivity contribution in [3.05, 3.63) is 0 Å². The molecule has 1 heteroatoms. The van der Waals surface area contributed by atoms with Gasteiger partial charge in [-0.3, -0.25) is 0 Å². The molecule has 2 aliphatic rings. The number of hydrogen-bond acceptors (Lipinski definition) is 1. The minimum Gasteiger partial charge on any atom is -0.158 e. The second-order valence-corrected chi connectivity index (χ2v) is 5.88. The molecule has 0 aromatic heterocycles. The molecular weight excluding hydrogens is 164 g/mol. The van der Waals surface area contributed by atoms with E-state index < -0.39 is 0 Å². The van der Waals surface area contributed by atoms with E-state index in [1.165, 1.54) is 44.3 Å². The maximum absolute atomic E-state index is 2.45. The lowest BCUT2D eigenvalue weighted by atomic mass is 9.93. The topological polar surface area (TPSA) is 0 Å². The van der Waals surface area contributed by atoms with Crippen molar-refractivity contribution in [3.8, 4) is 0 Å². The van der Waals surface area contributed by atoms with Gasteiger partial charge in [0.1, 0.15) is 0 Å². The second kappa shape index (κ2) is 4.04.